The van der Waals surface area contributed by atoms with Gasteiger partial charge in [0.05, 0.1) is 17.7 Å². The van der Waals surface area contributed by atoms with Gasteiger partial charge in [0.2, 0.25) is 0 Å². The van der Waals surface area contributed by atoms with Crippen molar-refractivity contribution in [1.82, 2.24) is 4.90 Å². The van der Waals surface area contributed by atoms with Crippen LogP contribution in [0, 0.1) is 0 Å². The number of amidine groups is 1. The minimum atomic E-state index is 0.0240. The number of carbonyl (C=O) groups excluding carboxylic acids is 1. The van der Waals surface area contributed by atoms with E-state index >= 15 is 0 Å². The molecule has 1 saturated heterocycles. The van der Waals surface area contributed by atoms with E-state index in [4.69, 9.17) is 14.5 Å². The molecule has 8 heteroatoms. The van der Waals surface area contributed by atoms with E-state index in [0.29, 0.717) is 23.0 Å². The molecule has 2 aliphatic rings. The summed E-state index contributed by atoms with van der Waals surface area (Å²) in [6.07, 6.45) is 7.47. The number of ether oxygens (including phenoxy) is 2. The number of rotatable bonds is 7. The van der Waals surface area contributed by atoms with Gasteiger partial charge in [0, 0.05) is 20.6 Å². The Bertz CT molecular complexity index is 1370. The third-order valence-corrected chi connectivity index (χ3v) is 8.86. The van der Waals surface area contributed by atoms with E-state index in [9.17, 15) is 4.79 Å². The Labute approximate surface area is 244 Å². The van der Waals surface area contributed by atoms with Crippen molar-refractivity contribution in [3.05, 3.63) is 91.7 Å². The second-order valence-corrected chi connectivity index (χ2v) is 12.0. The molecule has 5 rings (SSSR count). The van der Waals surface area contributed by atoms with Crippen molar-refractivity contribution in [2.45, 2.75) is 44.8 Å². The lowest BCUT2D eigenvalue weighted by atomic mass is 9.94. The highest BCUT2D eigenvalue weighted by Gasteiger charge is 2.38. The normalized spacial score (nSPS) is 18.4. The molecule has 0 spiro atoms. The molecule has 0 bridgehead atoms. The van der Waals surface area contributed by atoms with Gasteiger partial charge in [-0.2, -0.15) is 0 Å². The van der Waals surface area contributed by atoms with Crippen molar-refractivity contribution in [1.29, 1.82) is 0 Å². The Morgan fingerprint density at radius 2 is 1.79 bits per heavy atom. The van der Waals surface area contributed by atoms with E-state index in [0.717, 1.165) is 56.6 Å². The topological polar surface area (TPSA) is 51.1 Å². The van der Waals surface area contributed by atoms with Gasteiger partial charge in [0.25, 0.3) is 5.91 Å². The maximum absolute atomic E-state index is 13.6. The van der Waals surface area contributed by atoms with Crippen molar-refractivity contribution >= 4 is 66.5 Å². The van der Waals surface area contributed by atoms with Gasteiger partial charge in [-0.1, -0.05) is 81.5 Å². The second-order valence-electron chi connectivity index (χ2n) is 9.24. The maximum Gasteiger partial charge on any atom is 0.267 e. The SMILES string of the molecule is COc1cc(/C=C2\SC(=Nc3ccccc3)N(C3CCCCC3)C2=O)ccc1OCc1ccc(Br)cc1Br. The van der Waals surface area contributed by atoms with E-state index in [-0.39, 0.29) is 11.9 Å². The van der Waals surface area contributed by atoms with E-state index < -0.39 is 0 Å². The molecule has 2 fully saturated rings. The third-order valence-electron chi connectivity index (χ3n) is 6.64. The van der Waals surface area contributed by atoms with Gasteiger partial charge in [0.15, 0.2) is 16.7 Å². The van der Waals surface area contributed by atoms with E-state index in [1.807, 2.05) is 77.7 Å². The lowest BCUT2D eigenvalue weighted by molar-refractivity contribution is -0.124. The highest BCUT2D eigenvalue weighted by atomic mass is 79.9. The van der Waals surface area contributed by atoms with Crippen molar-refractivity contribution in [3.63, 3.8) is 0 Å². The van der Waals surface area contributed by atoms with Gasteiger partial charge < -0.3 is 9.47 Å². The monoisotopic (exact) mass is 654 g/mol. The molecule has 5 nitrogen and oxygen atoms in total. The summed E-state index contributed by atoms with van der Waals surface area (Å²) in [7, 11) is 1.62. The number of amides is 1. The predicted octanol–water partition coefficient (Wildman–Crippen LogP) is 8.74. The highest BCUT2D eigenvalue weighted by molar-refractivity contribution is 9.11. The molecule has 0 unspecified atom stereocenters. The lowest BCUT2D eigenvalue weighted by Gasteiger charge is -2.30. The number of carbonyl (C=O) groups is 1. The summed E-state index contributed by atoms with van der Waals surface area (Å²) in [6, 6.07) is 21.8. The standard InChI is InChI=1S/C30H28Br2N2O3S/c1-36-27-16-20(12-15-26(27)37-19-21-13-14-22(31)18-25(21)32)17-28-29(35)34(24-10-6-3-7-11-24)30(38-28)33-23-8-4-2-5-9-23/h2,4-5,8-9,12-18,24H,3,6-7,10-11,19H2,1H3/b28-17-,33-30?. The summed E-state index contributed by atoms with van der Waals surface area (Å²) in [5, 5.41) is 0.756. The Morgan fingerprint density at radius 3 is 2.53 bits per heavy atom. The average Bonchev–Trinajstić information content (AvgIpc) is 3.23. The number of thioether (sulfide) groups is 1. The van der Waals surface area contributed by atoms with E-state index in [2.05, 4.69) is 31.9 Å². The number of aliphatic imine (C=N–C) groups is 1. The van der Waals surface area contributed by atoms with Gasteiger partial charge in [-0.05, 0) is 72.6 Å². The Balaban J connectivity index is 1.39. The molecule has 1 heterocycles. The maximum atomic E-state index is 13.6. The number of para-hydroxylation sites is 1. The molecule has 0 aromatic heterocycles. The van der Waals surface area contributed by atoms with Crippen LogP contribution in [0.3, 0.4) is 0 Å². The van der Waals surface area contributed by atoms with Crippen LogP contribution in [0.25, 0.3) is 6.08 Å². The molecule has 3 aromatic rings. The summed E-state index contributed by atoms with van der Waals surface area (Å²) < 4.78 is 13.7. The fraction of sp³-hybridized carbons (Fsp3) is 0.267. The first kappa shape index (κ1) is 27.0. The van der Waals surface area contributed by atoms with Crippen LogP contribution in [-0.2, 0) is 11.4 Å². The summed E-state index contributed by atoms with van der Waals surface area (Å²) in [4.78, 5) is 21.1. The van der Waals surface area contributed by atoms with Crippen LogP contribution >= 0.6 is 43.6 Å². The van der Waals surface area contributed by atoms with Gasteiger partial charge in [0.1, 0.15) is 6.61 Å². The van der Waals surface area contributed by atoms with Crippen LogP contribution < -0.4 is 9.47 Å². The van der Waals surface area contributed by atoms with Crippen LogP contribution in [0.1, 0.15) is 43.2 Å². The predicted molar refractivity (Wildman–Crippen MR) is 162 cm³/mol. The molecule has 0 N–H and O–H groups in total. The Morgan fingerprint density at radius 1 is 1.00 bits per heavy atom. The molecule has 196 valence electrons. The van der Waals surface area contributed by atoms with Gasteiger partial charge in [-0.3, -0.25) is 9.69 Å². The fourth-order valence-corrected chi connectivity index (χ4v) is 6.90. The van der Waals surface area contributed by atoms with Crippen LogP contribution in [-0.4, -0.2) is 29.1 Å². The molecular weight excluding hydrogens is 628 g/mol. The number of hydrogen-bond donors (Lipinski definition) is 0. The van der Waals surface area contributed by atoms with E-state index in [1.54, 1.807) is 7.11 Å². The van der Waals surface area contributed by atoms with Gasteiger partial charge in [-0.25, -0.2) is 4.99 Å². The zero-order valence-corrected chi connectivity index (χ0v) is 25.0. The Hall–Kier alpha value is -2.55. The van der Waals surface area contributed by atoms with Crippen molar-refractivity contribution in [3.8, 4) is 11.5 Å². The van der Waals surface area contributed by atoms with Crippen molar-refractivity contribution in [2.24, 2.45) is 4.99 Å². The lowest BCUT2D eigenvalue weighted by Crippen LogP contribution is -2.40. The first-order valence-corrected chi connectivity index (χ1v) is 15.0. The number of hydrogen-bond acceptors (Lipinski definition) is 5. The molecule has 1 aliphatic heterocycles. The van der Waals surface area contributed by atoms with Crippen LogP contribution in [0.4, 0.5) is 5.69 Å². The van der Waals surface area contributed by atoms with Crippen molar-refractivity contribution in [2.75, 3.05) is 7.11 Å². The Kier molecular flexibility index (Phi) is 8.92. The number of nitrogens with zero attached hydrogens (tertiary/aromatic N) is 2. The minimum Gasteiger partial charge on any atom is -0.493 e. The first-order chi connectivity index (χ1) is 18.5. The average molecular weight is 656 g/mol. The number of halogens is 2. The minimum absolute atomic E-state index is 0.0240. The summed E-state index contributed by atoms with van der Waals surface area (Å²) in [5.74, 6) is 1.28. The molecule has 38 heavy (non-hydrogen) atoms. The van der Waals surface area contributed by atoms with Crippen LogP contribution in [0.15, 0.2) is 85.6 Å². The zero-order valence-electron chi connectivity index (χ0n) is 21.0. The highest BCUT2D eigenvalue weighted by Crippen LogP contribution is 2.39. The van der Waals surface area contributed by atoms with Gasteiger partial charge in [-0.15, -0.1) is 0 Å². The number of benzene rings is 3. The zero-order chi connectivity index (χ0) is 26.5. The molecule has 0 atom stereocenters. The molecule has 3 aromatic carbocycles. The van der Waals surface area contributed by atoms with Gasteiger partial charge >= 0.3 is 0 Å². The molecule has 1 saturated carbocycles. The van der Waals surface area contributed by atoms with Crippen molar-refractivity contribution < 1.29 is 14.3 Å². The van der Waals surface area contributed by atoms with Crippen LogP contribution in [0.5, 0.6) is 11.5 Å². The largest absolute Gasteiger partial charge is 0.493 e. The summed E-state index contributed by atoms with van der Waals surface area (Å²) in [5.41, 5.74) is 2.76. The van der Waals surface area contributed by atoms with Crippen LogP contribution in [0.2, 0.25) is 0 Å². The quantitative estimate of drug-likeness (QED) is 0.239. The molecule has 1 amide bonds. The third kappa shape index (κ3) is 6.35. The summed E-state index contributed by atoms with van der Waals surface area (Å²) in [6.45, 7) is 0.397. The first-order valence-electron chi connectivity index (χ1n) is 12.6. The smallest absolute Gasteiger partial charge is 0.267 e. The van der Waals surface area contributed by atoms with E-state index in [1.165, 1.54) is 18.2 Å². The second kappa shape index (κ2) is 12.5. The number of methoxy groups -OCH3 is 1. The fourth-order valence-electron chi connectivity index (χ4n) is 4.68. The molecule has 0 radical (unpaired) electrons. The molecular formula is C30H28Br2N2O3S. The molecule has 1 aliphatic carbocycles. The summed E-state index contributed by atoms with van der Waals surface area (Å²) >= 11 is 8.51.